The van der Waals surface area contributed by atoms with Crippen LogP contribution < -0.4 is 14.5 Å². The quantitative estimate of drug-likeness (QED) is 0.419. The molecule has 0 unspecified atom stereocenters. The van der Waals surface area contributed by atoms with Crippen LogP contribution in [0.5, 0.6) is 5.88 Å². The topological polar surface area (TPSA) is 83.2 Å². The van der Waals surface area contributed by atoms with Crippen LogP contribution in [0.15, 0.2) is 36.4 Å². The normalized spacial score (nSPS) is 15.2. The van der Waals surface area contributed by atoms with E-state index in [-0.39, 0.29) is 19.1 Å². The van der Waals surface area contributed by atoms with E-state index < -0.39 is 5.54 Å². The molecule has 1 aliphatic heterocycles. The van der Waals surface area contributed by atoms with Crippen molar-refractivity contribution in [3.63, 3.8) is 0 Å². The molecule has 0 bridgehead atoms. The number of ether oxygens (including phenoxy) is 1. The number of aryl methyl sites for hydroxylation is 2. The lowest BCUT2D eigenvalue weighted by molar-refractivity contribution is -0.120. The van der Waals surface area contributed by atoms with Gasteiger partial charge in [-0.1, -0.05) is 13.0 Å². The van der Waals surface area contributed by atoms with Crippen molar-refractivity contribution in [3.05, 3.63) is 59.2 Å². The largest absolute Gasteiger partial charge is 0.475 e. The van der Waals surface area contributed by atoms with Crippen LogP contribution in [-0.2, 0) is 11.2 Å². The molecular formula is C25H25N5O3S. The first-order valence-electron chi connectivity index (χ1n) is 10.9. The minimum absolute atomic E-state index is 0.110. The summed E-state index contributed by atoms with van der Waals surface area (Å²) in [6.07, 6.45) is 0.644. The number of nitrogens with zero attached hydrogens (tertiary/aromatic N) is 5. The Labute approximate surface area is 203 Å². The van der Waals surface area contributed by atoms with Gasteiger partial charge >= 0.3 is 0 Å². The van der Waals surface area contributed by atoms with Gasteiger partial charge in [0.1, 0.15) is 18.0 Å². The fourth-order valence-corrected chi connectivity index (χ4v) is 4.57. The molecule has 2 heterocycles. The number of rotatable bonds is 6. The molecule has 1 N–H and O–H groups in total. The lowest BCUT2D eigenvalue weighted by atomic mass is 10.0. The van der Waals surface area contributed by atoms with Gasteiger partial charge in [0.05, 0.1) is 24.1 Å². The molecule has 1 aromatic heterocycles. The first-order chi connectivity index (χ1) is 16.2. The zero-order valence-electron chi connectivity index (χ0n) is 19.5. The molecule has 0 saturated carbocycles. The van der Waals surface area contributed by atoms with E-state index in [2.05, 4.69) is 14.8 Å². The molecule has 1 aliphatic rings. The highest BCUT2D eigenvalue weighted by molar-refractivity contribution is 7.81. The molecule has 0 atom stereocenters. The van der Waals surface area contributed by atoms with Crippen molar-refractivity contribution in [1.29, 1.82) is 0 Å². The van der Waals surface area contributed by atoms with E-state index in [1.165, 1.54) is 4.90 Å². The third kappa shape index (κ3) is 3.85. The molecule has 174 valence electrons. The van der Waals surface area contributed by atoms with Crippen LogP contribution in [-0.4, -0.2) is 44.8 Å². The third-order valence-electron chi connectivity index (χ3n) is 5.82. The summed E-state index contributed by atoms with van der Waals surface area (Å²) in [5.74, 6) is 0.862. The molecule has 34 heavy (non-hydrogen) atoms. The Morgan fingerprint density at radius 2 is 1.91 bits per heavy atom. The number of amides is 1. The predicted octanol–water partition coefficient (Wildman–Crippen LogP) is 4.34. The number of hydrogen-bond donors (Lipinski definition) is 1. The summed E-state index contributed by atoms with van der Waals surface area (Å²) in [4.78, 5) is 29.4. The molecule has 2 aromatic carbocycles. The Kier molecular flexibility index (Phi) is 6.21. The van der Waals surface area contributed by atoms with Gasteiger partial charge in [-0.3, -0.25) is 9.69 Å². The van der Waals surface area contributed by atoms with Gasteiger partial charge in [0, 0.05) is 17.8 Å². The second kappa shape index (κ2) is 8.97. The predicted molar refractivity (Wildman–Crippen MR) is 136 cm³/mol. The van der Waals surface area contributed by atoms with Crippen LogP contribution in [0.2, 0.25) is 0 Å². The van der Waals surface area contributed by atoms with E-state index in [0.29, 0.717) is 51.2 Å². The number of fused-ring (bicyclic) bond motifs is 1. The van der Waals surface area contributed by atoms with Gasteiger partial charge in [-0.15, -0.1) is 0 Å². The maximum atomic E-state index is 13.5. The van der Waals surface area contributed by atoms with Crippen LogP contribution in [0.3, 0.4) is 0 Å². The van der Waals surface area contributed by atoms with Crippen molar-refractivity contribution >= 4 is 51.2 Å². The highest BCUT2D eigenvalue weighted by Gasteiger charge is 2.50. The van der Waals surface area contributed by atoms with Crippen molar-refractivity contribution in [2.45, 2.75) is 39.7 Å². The molecular weight excluding hydrogens is 450 g/mol. The van der Waals surface area contributed by atoms with E-state index in [4.69, 9.17) is 23.5 Å². The van der Waals surface area contributed by atoms with Gasteiger partial charge in [-0.25, -0.2) is 9.83 Å². The average molecular weight is 476 g/mol. The fourth-order valence-electron chi connectivity index (χ4n) is 4.04. The molecule has 8 nitrogen and oxygen atoms in total. The maximum absolute atomic E-state index is 13.5. The van der Waals surface area contributed by atoms with Gasteiger partial charge in [0.25, 0.3) is 5.91 Å². The number of thiocarbonyl (C=S) groups is 1. The van der Waals surface area contributed by atoms with Crippen LogP contribution in [0.25, 0.3) is 15.7 Å². The van der Waals surface area contributed by atoms with Crippen molar-refractivity contribution in [2.24, 2.45) is 0 Å². The molecule has 1 fully saturated rings. The average Bonchev–Trinajstić information content (AvgIpc) is 3.00. The minimum Gasteiger partial charge on any atom is -0.475 e. The van der Waals surface area contributed by atoms with Crippen LogP contribution in [0, 0.1) is 13.5 Å². The number of anilines is 2. The molecule has 1 amide bonds. The fraction of sp³-hybridized carbons (Fsp3) is 0.320. The number of aliphatic hydroxyl groups excluding tert-OH is 1. The van der Waals surface area contributed by atoms with Gasteiger partial charge in [0.15, 0.2) is 10.8 Å². The molecule has 0 radical (unpaired) electrons. The molecule has 9 heteroatoms. The van der Waals surface area contributed by atoms with E-state index in [1.807, 2.05) is 50.8 Å². The Morgan fingerprint density at radius 1 is 1.18 bits per heavy atom. The molecule has 0 spiro atoms. The van der Waals surface area contributed by atoms with Gasteiger partial charge in [-0.2, -0.15) is 4.98 Å². The second-order valence-electron chi connectivity index (χ2n) is 8.47. The summed E-state index contributed by atoms with van der Waals surface area (Å²) in [6, 6.07) is 10.8. The summed E-state index contributed by atoms with van der Waals surface area (Å²) in [5, 5.41) is 10.2. The second-order valence-corrected chi connectivity index (χ2v) is 8.84. The number of hydrogen-bond acceptors (Lipinski definition) is 6. The van der Waals surface area contributed by atoms with E-state index in [9.17, 15) is 9.90 Å². The van der Waals surface area contributed by atoms with Crippen LogP contribution in [0.4, 0.5) is 17.1 Å². The number of carbonyl (C=O) groups excluding carboxylic acids is 1. The van der Waals surface area contributed by atoms with E-state index in [0.717, 1.165) is 5.56 Å². The zero-order chi connectivity index (χ0) is 24.6. The Balaban J connectivity index is 1.81. The highest BCUT2D eigenvalue weighted by atomic mass is 32.1. The SMILES string of the molecule is [C-]#[N+]c1ccc(N2C(=O)C(C)(C)N(c3ccc4nc(CC)nc(OCCO)c4c3)C2=S)cc1C. The molecule has 3 aromatic rings. The molecule has 0 aliphatic carbocycles. The van der Waals surface area contributed by atoms with Gasteiger partial charge in [0.2, 0.25) is 5.88 Å². The number of aromatic nitrogens is 2. The Morgan fingerprint density at radius 3 is 2.56 bits per heavy atom. The summed E-state index contributed by atoms with van der Waals surface area (Å²) in [5.41, 5.74) is 2.40. The molecule has 4 rings (SSSR count). The van der Waals surface area contributed by atoms with E-state index in [1.54, 1.807) is 18.2 Å². The van der Waals surface area contributed by atoms with Crippen LogP contribution in [0.1, 0.15) is 32.2 Å². The monoisotopic (exact) mass is 475 g/mol. The third-order valence-corrected chi connectivity index (χ3v) is 6.19. The van der Waals surface area contributed by atoms with Crippen molar-refractivity contribution in [3.8, 4) is 5.88 Å². The first kappa shape index (κ1) is 23.5. The van der Waals surface area contributed by atoms with E-state index >= 15 is 0 Å². The molecule has 1 saturated heterocycles. The van der Waals surface area contributed by atoms with Gasteiger partial charge in [-0.05, 0) is 68.9 Å². The number of benzene rings is 2. The number of aliphatic hydroxyl groups is 1. The Hall–Kier alpha value is -3.61. The lowest BCUT2D eigenvalue weighted by Gasteiger charge is -2.29. The zero-order valence-corrected chi connectivity index (χ0v) is 20.3. The van der Waals surface area contributed by atoms with Crippen LogP contribution >= 0.6 is 12.2 Å². The first-order valence-corrected chi connectivity index (χ1v) is 11.3. The highest BCUT2D eigenvalue weighted by Crippen LogP contribution is 2.39. The Bertz CT molecular complexity index is 1350. The summed E-state index contributed by atoms with van der Waals surface area (Å²) in [6.45, 7) is 14.7. The summed E-state index contributed by atoms with van der Waals surface area (Å²) in [7, 11) is 0. The standard InChI is InChI=1S/C25H25N5O3S/c1-6-21-27-20-10-8-17(14-18(20)22(28-21)33-12-11-31)30-24(34)29(23(32)25(30,3)4)16-7-9-19(26-5)15(2)13-16/h7-10,13-14,31H,6,11-12H2,1-4H3. The van der Waals surface area contributed by atoms with Crippen molar-refractivity contribution in [2.75, 3.05) is 23.0 Å². The summed E-state index contributed by atoms with van der Waals surface area (Å²) >= 11 is 5.80. The smallest absolute Gasteiger partial charge is 0.259 e. The van der Waals surface area contributed by atoms with Crippen molar-refractivity contribution < 1.29 is 14.6 Å². The minimum atomic E-state index is -0.951. The van der Waals surface area contributed by atoms with Gasteiger partial charge < -0.3 is 14.7 Å². The number of carbonyl (C=O) groups is 1. The summed E-state index contributed by atoms with van der Waals surface area (Å²) < 4.78 is 5.70. The van der Waals surface area contributed by atoms with Crippen molar-refractivity contribution in [1.82, 2.24) is 9.97 Å². The maximum Gasteiger partial charge on any atom is 0.259 e. The lowest BCUT2D eigenvalue weighted by Crippen LogP contribution is -2.44.